The molecular weight excluding hydrogens is 318 g/mol. The van der Waals surface area contributed by atoms with Gasteiger partial charge in [-0.2, -0.15) is 0 Å². The first-order chi connectivity index (χ1) is 9.70. The zero-order valence-electron chi connectivity index (χ0n) is 12.1. The van der Waals surface area contributed by atoms with Crippen molar-refractivity contribution in [3.05, 3.63) is 28.7 Å². The Hall–Kier alpha value is -1.23. The van der Waals surface area contributed by atoms with E-state index in [2.05, 4.69) is 38.1 Å². The Balaban J connectivity index is 1.82. The van der Waals surface area contributed by atoms with Crippen LogP contribution in [0.25, 0.3) is 0 Å². The van der Waals surface area contributed by atoms with Crippen molar-refractivity contribution in [2.45, 2.75) is 25.9 Å². The fraction of sp³-hybridized carbons (Fsp3) is 0.533. The van der Waals surface area contributed by atoms with Crippen LogP contribution in [0.15, 0.2) is 33.7 Å². The molecule has 4 nitrogen and oxygen atoms in total. The van der Waals surface area contributed by atoms with Gasteiger partial charge in [-0.1, -0.05) is 12.1 Å². The molecule has 20 heavy (non-hydrogen) atoms. The molecule has 110 valence electrons. The van der Waals surface area contributed by atoms with E-state index in [1.807, 2.05) is 31.3 Å². The highest BCUT2D eigenvalue weighted by Gasteiger charge is 2.16. The molecule has 1 atom stereocenters. The Kier molecular flexibility index (Phi) is 5.71. The molecule has 1 aliphatic heterocycles. The molecule has 2 rings (SSSR count). The summed E-state index contributed by atoms with van der Waals surface area (Å²) >= 11 is 3.49. The summed E-state index contributed by atoms with van der Waals surface area (Å²) in [4.78, 5) is 6.63. The minimum Gasteiger partial charge on any atom is -0.488 e. The molecule has 1 aromatic rings. The van der Waals surface area contributed by atoms with Gasteiger partial charge in [-0.3, -0.25) is 4.99 Å². The molecule has 0 bridgehead atoms. The Morgan fingerprint density at radius 3 is 2.75 bits per heavy atom. The maximum absolute atomic E-state index is 5.92. The number of likely N-dealkylation sites (tertiary alicyclic amines) is 1. The lowest BCUT2D eigenvalue weighted by molar-refractivity contribution is 0.221. The normalized spacial score (nSPS) is 17.1. The number of nitrogens with zero attached hydrogens (tertiary/aromatic N) is 2. The van der Waals surface area contributed by atoms with E-state index < -0.39 is 0 Å². The van der Waals surface area contributed by atoms with Crippen molar-refractivity contribution < 1.29 is 4.74 Å². The van der Waals surface area contributed by atoms with E-state index >= 15 is 0 Å². The summed E-state index contributed by atoms with van der Waals surface area (Å²) in [5.74, 6) is 1.85. The number of hydrogen-bond donors (Lipinski definition) is 1. The van der Waals surface area contributed by atoms with Gasteiger partial charge in [-0.05, 0) is 47.8 Å². The molecule has 5 heteroatoms. The lowest BCUT2D eigenvalue weighted by Gasteiger charge is -2.23. The number of para-hydroxylation sites is 1. The summed E-state index contributed by atoms with van der Waals surface area (Å²) in [7, 11) is 1.83. The van der Waals surface area contributed by atoms with Crippen LogP contribution in [0.4, 0.5) is 0 Å². The molecule has 0 saturated carbocycles. The third-order valence-corrected chi connectivity index (χ3v) is 3.98. The predicted molar refractivity (Wildman–Crippen MR) is 86.4 cm³/mol. The third kappa shape index (κ3) is 4.13. The standard InChI is InChI=1S/C15H22BrN3O/c1-12(20-14-8-4-3-7-13(14)16)11-18-15(17-2)19-9-5-6-10-19/h3-4,7-8,12H,5-6,9-11H2,1-2H3,(H,17,18). The molecule has 0 spiro atoms. The van der Waals surface area contributed by atoms with Crippen LogP contribution >= 0.6 is 15.9 Å². The van der Waals surface area contributed by atoms with E-state index in [1.165, 1.54) is 12.8 Å². The largest absolute Gasteiger partial charge is 0.488 e. The second-order valence-electron chi connectivity index (χ2n) is 4.98. The fourth-order valence-electron chi connectivity index (χ4n) is 2.29. The number of ether oxygens (including phenoxy) is 1. The topological polar surface area (TPSA) is 36.9 Å². The van der Waals surface area contributed by atoms with Crippen molar-refractivity contribution in [2.24, 2.45) is 4.99 Å². The van der Waals surface area contributed by atoms with E-state index in [0.717, 1.165) is 35.8 Å². The second-order valence-corrected chi connectivity index (χ2v) is 5.84. The van der Waals surface area contributed by atoms with Gasteiger partial charge in [0.25, 0.3) is 0 Å². The van der Waals surface area contributed by atoms with Crippen LogP contribution in [0, 0.1) is 0 Å². The van der Waals surface area contributed by atoms with Crippen molar-refractivity contribution >= 4 is 21.9 Å². The minimum absolute atomic E-state index is 0.0769. The van der Waals surface area contributed by atoms with E-state index in [-0.39, 0.29) is 6.10 Å². The van der Waals surface area contributed by atoms with Gasteiger partial charge in [0.2, 0.25) is 0 Å². The first-order valence-corrected chi connectivity index (χ1v) is 7.87. The zero-order chi connectivity index (χ0) is 14.4. The Morgan fingerprint density at radius 1 is 1.40 bits per heavy atom. The minimum atomic E-state index is 0.0769. The SMILES string of the molecule is CN=C(NCC(C)Oc1ccccc1Br)N1CCCC1. The smallest absolute Gasteiger partial charge is 0.193 e. The Morgan fingerprint density at radius 2 is 2.10 bits per heavy atom. The van der Waals surface area contributed by atoms with Crippen molar-refractivity contribution in [1.29, 1.82) is 0 Å². The van der Waals surface area contributed by atoms with Crippen molar-refractivity contribution in [3.8, 4) is 5.75 Å². The number of aliphatic imine (C=N–C) groups is 1. The van der Waals surface area contributed by atoms with Gasteiger partial charge in [0, 0.05) is 20.1 Å². The molecule has 0 aliphatic carbocycles. The highest BCUT2D eigenvalue weighted by Crippen LogP contribution is 2.24. The molecule has 1 aromatic carbocycles. The number of nitrogens with one attached hydrogen (secondary N) is 1. The van der Waals surface area contributed by atoms with Crippen molar-refractivity contribution in [3.63, 3.8) is 0 Å². The summed E-state index contributed by atoms with van der Waals surface area (Å²) in [6, 6.07) is 7.91. The first kappa shape index (κ1) is 15.2. The highest BCUT2D eigenvalue weighted by molar-refractivity contribution is 9.10. The molecule has 1 saturated heterocycles. The van der Waals surface area contributed by atoms with Gasteiger partial charge in [-0.25, -0.2) is 0 Å². The number of guanidine groups is 1. The molecule has 0 amide bonds. The average molecular weight is 340 g/mol. The van der Waals surface area contributed by atoms with Gasteiger partial charge >= 0.3 is 0 Å². The van der Waals surface area contributed by atoms with Gasteiger partial charge < -0.3 is 15.0 Å². The summed E-state index contributed by atoms with van der Waals surface area (Å²) in [5, 5.41) is 3.39. The summed E-state index contributed by atoms with van der Waals surface area (Å²) in [6.07, 6.45) is 2.58. The molecular formula is C15H22BrN3O. The van der Waals surface area contributed by atoms with E-state index in [0.29, 0.717) is 0 Å². The van der Waals surface area contributed by atoms with Crippen LogP contribution in [0.1, 0.15) is 19.8 Å². The number of rotatable bonds is 4. The van der Waals surface area contributed by atoms with Crippen LogP contribution in [-0.4, -0.2) is 43.6 Å². The Bertz CT molecular complexity index is 458. The zero-order valence-corrected chi connectivity index (χ0v) is 13.7. The maximum atomic E-state index is 5.92. The van der Waals surface area contributed by atoms with E-state index in [1.54, 1.807) is 0 Å². The molecule has 0 aromatic heterocycles. The third-order valence-electron chi connectivity index (χ3n) is 3.33. The highest BCUT2D eigenvalue weighted by atomic mass is 79.9. The summed E-state index contributed by atoms with van der Waals surface area (Å²) < 4.78 is 6.90. The van der Waals surface area contributed by atoms with Crippen molar-refractivity contribution in [2.75, 3.05) is 26.7 Å². The van der Waals surface area contributed by atoms with Crippen LogP contribution in [-0.2, 0) is 0 Å². The quantitative estimate of drug-likeness (QED) is 0.676. The predicted octanol–water partition coefficient (Wildman–Crippen LogP) is 2.89. The van der Waals surface area contributed by atoms with Crippen LogP contribution in [0.3, 0.4) is 0 Å². The van der Waals surface area contributed by atoms with Gasteiger partial charge in [-0.15, -0.1) is 0 Å². The monoisotopic (exact) mass is 339 g/mol. The molecule has 0 radical (unpaired) electrons. The molecule has 1 aliphatic rings. The van der Waals surface area contributed by atoms with Crippen LogP contribution < -0.4 is 10.1 Å². The van der Waals surface area contributed by atoms with Crippen LogP contribution in [0.5, 0.6) is 5.75 Å². The number of hydrogen-bond acceptors (Lipinski definition) is 2. The number of benzene rings is 1. The van der Waals surface area contributed by atoms with Crippen LogP contribution in [0.2, 0.25) is 0 Å². The molecule has 1 N–H and O–H groups in total. The lowest BCUT2D eigenvalue weighted by atomic mass is 10.3. The van der Waals surface area contributed by atoms with E-state index in [9.17, 15) is 0 Å². The molecule has 1 heterocycles. The van der Waals surface area contributed by atoms with Gasteiger partial charge in [0.1, 0.15) is 11.9 Å². The summed E-state index contributed by atoms with van der Waals surface area (Å²) in [6.45, 7) is 4.99. The first-order valence-electron chi connectivity index (χ1n) is 7.07. The lowest BCUT2D eigenvalue weighted by Crippen LogP contribution is -2.43. The molecule has 1 fully saturated rings. The average Bonchev–Trinajstić information content (AvgIpc) is 2.96. The maximum Gasteiger partial charge on any atom is 0.193 e. The van der Waals surface area contributed by atoms with Crippen molar-refractivity contribution in [1.82, 2.24) is 10.2 Å². The van der Waals surface area contributed by atoms with Gasteiger partial charge in [0.15, 0.2) is 5.96 Å². The van der Waals surface area contributed by atoms with E-state index in [4.69, 9.17) is 4.74 Å². The summed E-state index contributed by atoms with van der Waals surface area (Å²) in [5.41, 5.74) is 0. The fourth-order valence-corrected chi connectivity index (χ4v) is 2.67. The van der Waals surface area contributed by atoms with Gasteiger partial charge in [0.05, 0.1) is 11.0 Å². The molecule has 1 unspecified atom stereocenters. The second kappa shape index (κ2) is 7.53. The number of halogens is 1. The Labute approximate surface area is 129 Å².